The molecule has 0 aromatic carbocycles. The van der Waals surface area contributed by atoms with Crippen molar-refractivity contribution in [3.8, 4) is 0 Å². The summed E-state index contributed by atoms with van der Waals surface area (Å²) in [4.78, 5) is 3.42. The molecule has 1 atom stereocenters. The molecule has 0 spiro atoms. The third-order valence-corrected chi connectivity index (χ3v) is 3.29. The summed E-state index contributed by atoms with van der Waals surface area (Å²) in [7, 11) is 0. The van der Waals surface area contributed by atoms with Gasteiger partial charge < -0.3 is 10.6 Å². The van der Waals surface area contributed by atoms with Crippen LogP contribution in [-0.4, -0.2) is 29.0 Å². The van der Waals surface area contributed by atoms with Gasteiger partial charge >= 0.3 is 6.18 Å². The van der Waals surface area contributed by atoms with Crippen LogP contribution in [0.15, 0.2) is 0 Å². The van der Waals surface area contributed by atoms with Gasteiger partial charge in [0.05, 0.1) is 0 Å². The minimum atomic E-state index is -4.46. The fourth-order valence-electron chi connectivity index (χ4n) is 1.74. The van der Waals surface area contributed by atoms with Gasteiger partial charge in [0.2, 0.25) is 11.0 Å². The molecule has 96 valence electrons. The summed E-state index contributed by atoms with van der Waals surface area (Å²) in [5, 5.41) is 6.40. The van der Waals surface area contributed by atoms with Gasteiger partial charge in [-0.05, 0) is 31.8 Å². The van der Waals surface area contributed by atoms with E-state index in [1.54, 1.807) is 0 Å². The molecule has 0 amide bonds. The monoisotopic (exact) mass is 266 g/mol. The van der Waals surface area contributed by atoms with Crippen molar-refractivity contribution in [3.05, 3.63) is 5.82 Å². The third kappa shape index (κ3) is 3.53. The van der Waals surface area contributed by atoms with Crippen LogP contribution in [0.4, 0.5) is 18.3 Å². The molecule has 1 unspecified atom stereocenters. The van der Waals surface area contributed by atoms with E-state index in [9.17, 15) is 13.2 Å². The largest absolute Gasteiger partial charge is 0.452 e. The fourth-order valence-corrected chi connectivity index (χ4v) is 2.33. The Kier molecular flexibility index (Phi) is 3.82. The van der Waals surface area contributed by atoms with Gasteiger partial charge in [0.25, 0.3) is 0 Å². The van der Waals surface area contributed by atoms with Crippen LogP contribution in [-0.2, 0) is 6.18 Å². The van der Waals surface area contributed by atoms with Crippen molar-refractivity contribution in [1.29, 1.82) is 0 Å². The number of rotatable bonds is 3. The number of nitrogens with one attached hydrogen (secondary N) is 2. The van der Waals surface area contributed by atoms with Crippen LogP contribution in [0, 0.1) is 5.92 Å². The highest BCUT2D eigenvalue weighted by molar-refractivity contribution is 7.09. The van der Waals surface area contributed by atoms with Gasteiger partial charge in [-0.15, -0.1) is 0 Å². The highest BCUT2D eigenvalue weighted by Crippen LogP contribution is 2.29. The maximum Gasteiger partial charge on any atom is 0.452 e. The summed E-state index contributed by atoms with van der Waals surface area (Å²) in [5.74, 6) is -0.617. The van der Waals surface area contributed by atoms with Crippen LogP contribution in [0.25, 0.3) is 0 Å². The molecule has 2 rings (SSSR count). The van der Waals surface area contributed by atoms with Crippen LogP contribution in [0.2, 0.25) is 0 Å². The van der Waals surface area contributed by atoms with Gasteiger partial charge in [0.1, 0.15) is 0 Å². The predicted octanol–water partition coefficient (Wildman–Crippen LogP) is 1.97. The molecule has 1 aliphatic rings. The maximum atomic E-state index is 12.2. The van der Waals surface area contributed by atoms with Gasteiger partial charge in [0, 0.05) is 18.1 Å². The van der Waals surface area contributed by atoms with Crippen molar-refractivity contribution >= 4 is 16.7 Å². The van der Waals surface area contributed by atoms with E-state index in [1.165, 1.54) is 0 Å². The van der Waals surface area contributed by atoms with Crippen molar-refractivity contribution in [3.63, 3.8) is 0 Å². The maximum absolute atomic E-state index is 12.2. The van der Waals surface area contributed by atoms with Crippen molar-refractivity contribution < 1.29 is 13.2 Å². The van der Waals surface area contributed by atoms with Gasteiger partial charge in [0.15, 0.2) is 0 Å². The van der Waals surface area contributed by atoms with E-state index in [4.69, 9.17) is 0 Å². The van der Waals surface area contributed by atoms with Gasteiger partial charge in [-0.2, -0.15) is 22.5 Å². The average molecular weight is 266 g/mol. The van der Waals surface area contributed by atoms with Gasteiger partial charge in [-0.25, -0.2) is 0 Å². The minimum Gasteiger partial charge on any atom is -0.360 e. The lowest BCUT2D eigenvalue weighted by Gasteiger charge is -2.22. The highest BCUT2D eigenvalue weighted by atomic mass is 32.1. The summed E-state index contributed by atoms with van der Waals surface area (Å²) in [5.41, 5.74) is 0. The lowest BCUT2D eigenvalue weighted by molar-refractivity contribution is -0.144. The van der Waals surface area contributed by atoms with E-state index in [0.29, 0.717) is 12.5 Å². The predicted molar refractivity (Wildman–Crippen MR) is 59.0 cm³/mol. The first-order valence-electron chi connectivity index (χ1n) is 5.41. The number of halogens is 3. The molecule has 2 heterocycles. The van der Waals surface area contributed by atoms with Crippen molar-refractivity contribution in [1.82, 2.24) is 14.7 Å². The Hall–Kier alpha value is -0.890. The van der Waals surface area contributed by atoms with E-state index >= 15 is 0 Å². The van der Waals surface area contributed by atoms with Crippen molar-refractivity contribution in [2.75, 3.05) is 25.0 Å². The molecule has 1 fully saturated rings. The Morgan fingerprint density at radius 2 is 2.29 bits per heavy atom. The molecular weight excluding hydrogens is 253 g/mol. The molecule has 1 saturated heterocycles. The zero-order valence-corrected chi connectivity index (χ0v) is 9.87. The molecule has 17 heavy (non-hydrogen) atoms. The Bertz CT molecular complexity index is 359. The molecule has 8 heteroatoms. The number of nitrogens with zero attached hydrogens (tertiary/aromatic N) is 2. The Balaban J connectivity index is 1.84. The molecule has 0 aliphatic carbocycles. The second kappa shape index (κ2) is 5.18. The molecule has 4 nitrogen and oxygen atoms in total. The number of anilines is 1. The van der Waals surface area contributed by atoms with E-state index in [1.807, 2.05) is 0 Å². The lowest BCUT2D eigenvalue weighted by Crippen LogP contribution is -2.33. The first-order valence-corrected chi connectivity index (χ1v) is 6.18. The Morgan fingerprint density at radius 3 is 2.88 bits per heavy atom. The fraction of sp³-hybridized carbons (Fsp3) is 0.778. The van der Waals surface area contributed by atoms with E-state index < -0.39 is 12.0 Å². The average Bonchev–Trinajstić information content (AvgIpc) is 2.76. The standard InChI is InChI=1S/C9H13F3N4S/c10-9(11,12)7-15-8(17-16-7)14-5-6-2-1-3-13-4-6/h6,13H,1-5H2,(H,14,15,16). The number of aromatic nitrogens is 2. The molecule has 1 aromatic rings. The summed E-state index contributed by atoms with van der Waals surface area (Å²) in [6.45, 7) is 2.56. The van der Waals surface area contributed by atoms with Gasteiger partial charge in [-0.1, -0.05) is 0 Å². The molecular formula is C9H13F3N4S. The number of alkyl halides is 3. The van der Waals surface area contributed by atoms with Crippen LogP contribution >= 0.6 is 11.5 Å². The smallest absolute Gasteiger partial charge is 0.360 e. The summed E-state index contributed by atoms with van der Waals surface area (Å²) in [6.07, 6.45) is -2.26. The van der Waals surface area contributed by atoms with Crippen LogP contribution in [0.1, 0.15) is 18.7 Å². The minimum absolute atomic E-state index is 0.239. The van der Waals surface area contributed by atoms with Crippen molar-refractivity contribution in [2.45, 2.75) is 19.0 Å². The first kappa shape index (κ1) is 12.6. The summed E-state index contributed by atoms with van der Waals surface area (Å²) in [6, 6.07) is 0. The van der Waals surface area contributed by atoms with E-state index in [-0.39, 0.29) is 5.13 Å². The molecule has 0 saturated carbocycles. The van der Waals surface area contributed by atoms with E-state index in [0.717, 1.165) is 37.5 Å². The second-order valence-corrected chi connectivity index (χ2v) is 4.77. The lowest BCUT2D eigenvalue weighted by atomic mass is 10.00. The van der Waals surface area contributed by atoms with E-state index in [2.05, 4.69) is 20.0 Å². The second-order valence-electron chi connectivity index (χ2n) is 4.01. The number of hydrogen-bond donors (Lipinski definition) is 2. The highest BCUT2D eigenvalue weighted by Gasteiger charge is 2.36. The molecule has 2 N–H and O–H groups in total. The first-order chi connectivity index (χ1) is 8.05. The third-order valence-electron chi connectivity index (χ3n) is 2.62. The molecule has 0 radical (unpaired) electrons. The summed E-state index contributed by atoms with van der Waals surface area (Å²) < 4.78 is 40.0. The number of piperidine rings is 1. The van der Waals surface area contributed by atoms with Crippen LogP contribution in [0.5, 0.6) is 0 Å². The topological polar surface area (TPSA) is 49.8 Å². The van der Waals surface area contributed by atoms with Crippen molar-refractivity contribution in [2.24, 2.45) is 5.92 Å². The molecule has 0 bridgehead atoms. The molecule has 1 aliphatic heterocycles. The quantitative estimate of drug-likeness (QED) is 0.878. The summed E-state index contributed by atoms with van der Waals surface area (Å²) >= 11 is 0.752. The van der Waals surface area contributed by atoms with Gasteiger partial charge in [-0.3, -0.25) is 0 Å². The van der Waals surface area contributed by atoms with Crippen LogP contribution in [0.3, 0.4) is 0 Å². The SMILES string of the molecule is FC(F)(F)c1nsc(NCC2CCCNC2)n1. The normalized spacial score (nSPS) is 21.5. The zero-order valence-electron chi connectivity index (χ0n) is 9.05. The zero-order chi connectivity index (χ0) is 12.3. The molecule has 1 aromatic heterocycles. The Morgan fingerprint density at radius 1 is 1.47 bits per heavy atom. The van der Waals surface area contributed by atoms with Crippen LogP contribution < -0.4 is 10.6 Å². The Labute approximate surface area is 101 Å². The number of hydrogen-bond acceptors (Lipinski definition) is 5.